The molecule has 132 valence electrons. The van der Waals surface area contributed by atoms with E-state index < -0.39 is 0 Å². The number of amides is 1. The molecule has 1 aromatic carbocycles. The van der Waals surface area contributed by atoms with E-state index in [2.05, 4.69) is 23.4 Å². The van der Waals surface area contributed by atoms with Crippen LogP contribution < -0.4 is 5.32 Å². The van der Waals surface area contributed by atoms with E-state index in [0.717, 1.165) is 32.8 Å². The minimum atomic E-state index is -0.147. The Morgan fingerprint density at radius 2 is 1.88 bits per heavy atom. The Labute approximate surface area is 147 Å². The number of carbonyl (C=O) groups excluding carboxylic acids is 1. The molecule has 1 aliphatic rings. The molecular weight excluding hydrogens is 300 g/mol. The molecule has 0 spiro atoms. The van der Waals surface area contributed by atoms with Crippen molar-refractivity contribution in [3.8, 4) is 0 Å². The zero-order chi connectivity index (χ0) is 17.8. The summed E-state index contributed by atoms with van der Waals surface area (Å²) in [6.45, 7) is 15.6. The molecule has 1 fully saturated rings. The van der Waals surface area contributed by atoms with Gasteiger partial charge < -0.3 is 10.1 Å². The average molecular weight is 330 g/mol. The molecule has 1 amide bonds. The molecule has 0 bridgehead atoms. The Hall–Kier alpha value is -2.17. The standard InChI is InChI=1S/C18H22N2O2.C2H6.H2/c1-3-5-17(4-2)19-18(21)16-8-6-15(7-9-16)14-20-10-12-22-13-11-20;1-2;/h3-9H,1-2,10-14H2,(H,19,21);1-2H3;1H/b17-5+;;. The van der Waals surface area contributed by atoms with Crippen LogP contribution in [0.5, 0.6) is 0 Å². The first-order valence-electron chi connectivity index (χ1n) is 8.38. The van der Waals surface area contributed by atoms with Crippen molar-refractivity contribution in [2.24, 2.45) is 0 Å². The molecule has 1 aliphatic heterocycles. The first kappa shape index (κ1) is 19.9. The fourth-order valence-electron chi connectivity index (χ4n) is 2.27. The lowest BCUT2D eigenvalue weighted by Crippen LogP contribution is -2.35. The first-order chi connectivity index (χ1) is 11.7. The summed E-state index contributed by atoms with van der Waals surface area (Å²) in [5, 5.41) is 2.79. The van der Waals surface area contributed by atoms with Crippen molar-refractivity contribution in [2.75, 3.05) is 26.3 Å². The summed E-state index contributed by atoms with van der Waals surface area (Å²) in [5.41, 5.74) is 2.46. The van der Waals surface area contributed by atoms with E-state index in [1.807, 2.05) is 38.1 Å². The highest BCUT2D eigenvalue weighted by atomic mass is 16.5. The summed E-state index contributed by atoms with van der Waals surface area (Å²) in [6.07, 6.45) is 4.91. The van der Waals surface area contributed by atoms with Crippen molar-refractivity contribution in [1.29, 1.82) is 0 Å². The number of hydrogen-bond acceptors (Lipinski definition) is 3. The maximum atomic E-state index is 12.1. The van der Waals surface area contributed by atoms with Gasteiger partial charge in [0.15, 0.2) is 0 Å². The molecular formula is C20H30N2O2. The predicted octanol–water partition coefficient (Wildman–Crippen LogP) is 3.78. The number of allylic oxidation sites excluding steroid dienone is 3. The van der Waals surface area contributed by atoms with Gasteiger partial charge in [-0.25, -0.2) is 0 Å². The summed E-state index contributed by atoms with van der Waals surface area (Å²) in [5.74, 6) is -0.147. The fourth-order valence-corrected chi connectivity index (χ4v) is 2.27. The maximum absolute atomic E-state index is 12.1. The third kappa shape index (κ3) is 6.52. The maximum Gasteiger partial charge on any atom is 0.255 e. The number of ether oxygens (including phenoxy) is 1. The van der Waals surface area contributed by atoms with Gasteiger partial charge in [0.1, 0.15) is 0 Å². The van der Waals surface area contributed by atoms with E-state index in [0.29, 0.717) is 11.3 Å². The summed E-state index contributed by atoms with van der Waals surface area (Å²) in [7, 11) is 0. The van der Waals surface area contributed by atoms with Crippen molar-refractivity contribution in [3.05, 3.63) is 72.5 Å². The summed E-state index contributed by atoms with van der Waals surface area (Å²) in [6, 6.07) is 7.68. The van der Waals surface area contributed by atoms with E-state index in [1.165, 1.54) is 5.56 Å². The second kappa shape index (κ2) is 11.4. The monoisotopic (exact) mass is 330 g/mol. The molecule has 0 aromatic heterocycles. The summed E-state index contributed by atoms with van der Waals surface area (Å²) in [4.78, 5) is 14.5. The Bertz CT molecular complexity index is 562. The van der Waals surface area contributed by atoms with Gasteiger partial charge in [-0.15, -0.1) is 0 Å². The summed E-state index contributed by atoms with van der Waals surface area (Å²) < 4.78 is 5.34. The van der Waals surface area contributed by atoms with Crippen LogP contribution in [0.25, 0.3) is 0 Å². The van der Waals surface area contributed by atoms with E-state index in [-0.39, 0.29) is 7.33 Å². The van der Waals surface area contributed by atoms with Crippen LogP contribution >= 0.6 is 0 Å². The third-order valence-corrected chi connectivity index (χ3v) is 3.50. The number of benzene rings is 1. The molecule has 1 heterocycles. The van der Waals surface area contributed by atoms with Crippen LogP contribution in [-0.4, -0.2) is 37.1 Å². The second-order valence-corrected chi connectivity index (χ2v) is 5.10. The smallest absolute Gasteiger partial charge is 0.255 e. The van der Waals surface area contributed by atoms with Gasteiger partial charge in [0, 0.05) is 32.3 Å². The lowest BCUT2D eigenvalue weighted by atomic mass is 10.1. The molecule has 0 atom stereocenters. The van der Waals surface area contributed by atoms with Crippen molar-refractivity contribution < 1.29 is 11.0 Å². The highest BCUT2D eigenvalue weighted by molar-refractivity contribution is 5.95. The van der Waals surface area contributed by atoms with Crippen LogP contribution in [-0.2, 0) is 11.3 Å². The molecule has 24 heavy (non-hydrogen) atoms. The second-order valence-electron chi connectivity index (χ2n) is 5.10. The minimum Gasteiger partial charge on any atom is -0.379 e. The minimum absolute atomic E-state index is 0. The molecule has 0 aliphatic carbocycles. The first-order valence-corrected chi connectivity index (χ1v) is 8.38. The Morgan fingerprint density at radius 1 is 1.25 bits per heavy atom. The highest BCUT2D eigenvalue weighted by Crippen LogP contribution is 2.10. The number of hydrogen-bond donors (Lipinski definition) is 1. The van der Waals surface area contributed by atoms with Gasteiger partial charge in [0.25, 0.3) is 5.91 Å². The van der Waals surface area contributed by atoms with Crippen molar-refractivity contribution in [3.63, 3.8) is 0 Å². The van der Waals surface area contributed by atoms with E-state index in [1.54, 1.807) is 18.2 Å². The highest BCUT2D eigenvalue weighted by Gasteiger charge is 2.11. The van der Waals surface area contributed by atoms with Gasteiger partial charge in [-0.05, 0) is 29.8 Å². The fraction of sp³-hybridized carbons (Fsp3) is 0.350. The van der Waals surface area contributed by atoms with Gasteiger partial charge in [-0.3, -0.25) is 9.69 Å². The van der Waals surface area contributed by atoms with Gasteiger partial charge in [0.2, 0.25) is 0 Å². The van der Waals surface area contributed by atoms with E-state index >= 15 is 0 Å². The molecule has 4 heteroatoms. The molecule has 1 saturated heterocycles. The lowest BCUT2D eigenvalue weighted by molar-refractivity contribution is 0.0342. The molecule has 4 nitrogen and oxygen atoms in total. The largest absolute Gasteiger partial charge is 0.379 e. The number of nitrogens with one attached hydrogen (secondary N) is 1. The van der Waals surface area contributed by atoms with Crippen molar-refractivity contribution >= 4 is 5.91 Å². The molecule has 1 N–H and O–H groups in total. The van der Waals surface area contributed by atoms with Crippen molar-refractivity contribution in [2.45, 2.75) is 20.4 Å². The quantitative estimate of drug-likeness (QED) is 0.807. The topological polar surface area (TPSA) is 41.6 Å². The number of morpholine rings is 1. The van der Waals surface area contributed by atoms with Crippen LogP contribution in [0.2, 0.25) is 0 Å². The molecule has 0 saturated carbocycles. The number of rotatable bonds is 6. The van der Waals surface area contributed by atoms with Crippen LogP contribution in [0, 0.1) is 0 Å². The van der Waals surface area contributed by atoms with Gasteiger partial charge in [0.05, 0.1) is 13.2 Å². The van der Waals surface area contributed by atoms with Gasteiger partial charge in [-0.1, -0.05) is 45.2 Å². The zero-order valence-corrected chi connectivity index (χ0v) is 14.8. The third-order valence-electron chi connectivity index (χ3n) is 3.50. The van der Waals surface area contributed by atoms with Crippen molar-refractivity contribution in [1.82, 2.24) is 10.2 Å². The SMILES string of the molecule is C=C/C=C(\C=C)NC(=O)c1ccc(CN2CCOCC2)cc1.CC.[HH]. The average Bonchev–Trinajstić information content (AvgIpc) is 2.64. The van der Waals surface area contributed by atoms with Crippen LogP contribution in [0.15, 0.2) is 61.3 Å². The Balaban J connectivity index is 0.00000185. The van der Waals surface area contributed by atoms with E-state index in [9.17, 15) is 4.79 Å². The number of carbonyl (C=O) groups is 1. The zero-order valence-electron chi connectivity index (χ0n) is 14.8. The van der Waals surface area contributed by atoms with Crippen LogP contribution in [0.3, 0.4) is 0 Å². The molecule has 0 unspecified atom stereocenters. The van der Waals surface area contributed by atoms with Gasteiger partial charge in [-0.2, -0.15) is 0 Å². The predicted molar refractivity (Wildman–Crippen MR) is 102 cm³/mol. The normalized spacial score (nSPS) is 15.0. The molecule has 1 aromatic rings. The molecule has 0 radical (unpaired) electrons. The summed E-state index contributed by atoms with van der Waals surface area (Å²) >= 11 is 0. The molecule has 2 rings (SSSR count). The van der Waals surface area contributed by atoms with Crippen LogP contribution in [0.1, 0.15) is 31.2 Å². The Kier molecular flexibility index (Phi) is 9.42. The van der Waals surface area contributed by atoms with E-state index in [4.69, 9.17) is 4.74 Å². The Morgan fingerprint density at radius 3 is 2.42 bits per heavy atom. The lowest BCUT2D eigenvalue weighted by Gasteiger charge is -2.26. The van der Waals surface area contributed by atoms with Crippen LogP contribution in [0.4, 0.5) is 0 Å². The number of nitrogens with zero attached hydrogens (tertiary/aromatic N) is 1. The van der Waals surface area contributed by atoms with Gasteiger partial charge >= 0.3 is 0 Å².